The third kappa shape index (κ3) is 3.36. The summed E-state index contributed by atoms with van der Waals surface area (Å²) in [6.45, 7) is 4.22. The number of carbonyl (C=O) groups is 1. The average Bonchev–Trinajstić information content (AvgIpc) is 3.33. The smallest absolute Gasteiger partial charge is 0.159 e. The van der Waals surface area contributed by atoms with Gasteiger partial charge in [-0.1, -0.05) is 6.92 Å². The second-order valence-corrected chi connectivity index (χ2v) is 12.3. The van der Waals surface area contributed by atoms with E-state index in [1.54, 1.807) is 6.07 Å². The monoisotopic (exact) mass is 471 g/mol. The van der Waals surface area contributed by atoms with Gasteiger partial charge in [0.2, 0.25) is 0 Å². The van der Waals surface area contributed by atoms with Crippen LogP contribution in [-0.4, -0.2) is 37.2 Å². The Labute approximate surface area is 199 Å². The van der Waals surface area contributed by atoms with Crippen molar-refractivity contribution < 1.29 is 18.7 Å². The minimum Gasteiger partial charge on any atom is -0.390 e. The number of fused-ring (bicyclic) bond motifs is 6. The molecule has 4 aliphatic rings. The van der Waals surface area contributed by atoms with Crippen LogP contribution in [0.1, 0.15) is 71.6 Å². The molecule has 4 aliphatic carbocycles. The van der Waals surface area contributed by atoms with E-state index in [0.29, 0.717) is 42.1 Å². The number of carbonyl (C=O) groups excluding carboxylic acids is 1. The van der Waals surface area contributed by atoms with Crippen molar-refractivity contribution in [1.29, 1.82) is 0 Å². The second-order valence-electron chi connectivity index (χ2n) is 12.3. The molecule has 0 unspecified atom stereocenters. The first-order chi connectivity index (χ1) is 16.1. The average molecular weight is 472 g/mol. The van der Waals surface area contributed by atoms with Crippen molar-refractivity contribution in [2.45, 2.75) is 89.4 Å². The maximum atomic E-state index is 16.5. The van der Waals surface area contributed by atoms with Gasteiger partial charge < -0.3 is 5.11 Å². The standard InChI is InChI=1S/C27H35F2N3O2/c1-25(34)11-12-27(29)16(14-25)3-5-18-19-6-7-21(26(19,2)10-9-20(18)27)24(33)15-32-30-22-8-4-17(28)13-23(22)31-32/h4,8,13,16,18-21,34H,3,5-7,9-12,14-15H2,1-2H3/t16-,18+,19+,20+,21-,25-,26+,27-/m1/s1. The van der Waals surface area contributed by atoms with E-state index in [4.69, 9.17) is 0 Å². The summed E-state index contributed by atoms with van der Waals surface area (Å²) < 4.78 is 30.0. The van der Waals surface area contributed by atoms with E-state index >= 15 is 4.39 Å². The molecule has 1 aromatic carbocycles. The minimum atomic E-state index is -1.16. The summed E-state index contributed by atoms with van der Waals surface area (Å²) in [7, 11) is 0. The lowest BCUT2D eigenvalue weighted by Gasteiger charge is -2.59. The number of Topliss-reactive ketones (excluding diaryl/α,β-unsaturated/α-hetero) is 1. The molecule has 0 saturated heterocycles. The lowest BCUT2D eigenvalue weighted by molar-refractivity contribution is -0.166. The van der Waals surface area contributed by atoms with Gasteiger partial charge in [0.25, 0.3) is 0 Å². The highest BCUT2D eigenvalue weighted by atomic mass is 19.1. The van der Waals surface area contributed by atoms with Crippen LogP contribution in [0, 0.1) is 40.8 Å². The summed E-state index contributed by atoms with van der Waals surface area (Å²) >= 11 is 0. The first-order valence-corrected chi connectivity index (χ1v) is 13.0. The molecule has 8 atom stereocenters. The van der Waals surface area contributed by atoms with Crippen LogP contribution in [0.15, 0.2) is 18.2 Å². The normalized spacial score (nSPS) is 43.9. The number of nitrogens with zero attached hydrogens (tertiary/aromatic N) is 3. The zero-order valence-corrected chi connectivity index (χ0v) is 20.1. The van der Waals surface area contributed by atoms with Crippen molar-refractivity contribution in [1.82, 2.24) is 15.0 Å². The molecule has 0 aliphatic heterocycles. The maximum Gasteiger partial charge on any atom is 0.159 e. The summed E-state index contributed by atoms with van der Waals surface area (Å²) in [5.74, 6) is 0.430. The van der Waals surface area contributed by atoms with Crippen molar-refractivity contribution in [3.63, 3.8) is 0 Å². The number of ketones is 1. The van der Waals surface area contributed by atoms with Crippen LogP contribution in [0.5, 0.6) is 0 Å². The van der Waals surface area contributed by atoms with E-state index in [-0.39, 0.29) is 41.3 Å². The quantitative estimate of drug-likeness (QED) is 0.664. The number of alkyl halides is 1. The van der Waals surface area contributed by atoms with Gasteiger partial charge in [0, 0.05) is 12.0 Å². The Morgan fingerprint density at radius 1 is 1.06 bits per heavy atom. The van der Waals surface area contributed by atoms with E-state index < -0.39 is 11.3 Å². The van der Waals surface area contributed by atoms with Crippen molar-refractivity contribution in [2.24, 2.45) is 35.0 Å². The molecule has 6 rings (SSSR count). The molecular weight excluding hydrogens is 436 g/mol. The molecule has 4 saturated carbocycles. The van der Waals surface area contributed by atoms with Crippen molar-refractivity contribution in [2.75, 3.05) is 0 Å². The van der Waals surface area contributed by atoms with Gasteiger partial charge >= 0.3 is 0 Å². The summed E-state index contributed by atoms with van der Waals surface area (Å²) in [5.41, 5.74) is -0.969. The van der Waals surface area contributed by atoms with E-state index in [9.17, 15) is 14.3 Å². The van der Waals surface area contributed by atoms with Gasteiger partial charge in [-0.05, 0) is 106 Å². The number of hydrogen-bond acceptors (Lipinski definition) is 4. The fourth-order valence-corrected chi connectivity index (χ4v) is 8.76. The fraction of sp³-hybridized carbons (Fsp3) is 0.741. The van der Waals surface area contributed by atoms with Gasteiger partial charge in [0.05, 0.1) is 5.60 Å². The molecule has 184 valence electrons. The largest absolute Gasteiger partial charge is 0.390 e. The Morgan fingerprint density at radius 3 is 2.68 bits per heavy atom. The number of rotatable bonds is 3. The molecule has 0 amide bonds. The summed E-state index contributed by atoms with van der Waals surface area (Å²) in [5, 5.41) is 19.2. The van der Waals surface area contributed by atoms with E-state index in [1.165, 1.54) is 16.9 Å². The molecule has 0 radical (unpaired) electrons. The first-order valence-electron chi connectivity index (χ1n) is 13.0. The van der Waals surface area contributed by atoms with Crippen LogP contribution in [-0.2, 0) is 11.3 Å². The van der Waals surface area contributed by atoms with Gasteiger partial charge in [-0.15, -0.1) is 0 Å². The third-order valence-corrected chi connectivity index (χ3v) is 10.4. The molecule has 1 heterocycles. The molecule has 34 heavy (non-hydrogen) atoms. The van der Waals surface area contributed by atoms with Gasteiger partial charge in [-0.2, -0.15) is 15.0 Å². The van der Waals surface area contributed by atoms with Crippen LogP contribution < -0.4 is 0 Å². The van der Waals surface area contributed by atoms with Gasteiger partial charge in [0.1, 0.15) is 29.1 Å². The van der Waals surface area contributed by atoms with Gasteiger partial charge in [0.15, 0.2) is 5.78 Å². The van der Waals surface area contributed by atoms with E-state index in [1.807, 2.05) is 6.92 Å². The number of aromatic nitrogens is 3. The van der Waals surface area contributed by atoms with Crippen LogP contribution >= 0.6 is 0 Å². The first kappa shape index (κ1) is 22.6. The predicted octanol–water partition coefficient (Wildman–Crippen LogP) is 5.25. The molecule has 1 aromatic heterocycles. The van der Waals surface area contributed by atoms with Crippen LogP contribution in [0.2, 0.25) is 0 Å². The zero-order valence-electron chi connectivity index (χ0n) is 20.1. The molecule has 7 heteroatoms. The Bertz CT molecular complexity index is 1130. The number of hydrogen-bond donors (Lipinski definition) is 1. The highest BCUT2D eigenvalue weighted by Crippen LogP contribution is 2.66. The summed E-state index contributed by atoms with van der Waals surface area (Å²) in [6, 6.07) is 4.27. The van der Waals surface area contributed by atoms with Crippen molar-refractivity contribution in [3.8, 4) is 0 Å². The molecular formula is C27H35F2N3O2. The van der Waals surface area contributed by atoms with Crippen LogP contribution in [0.4, 0.5) is 8.78 Å². The lowest BCUT2D eigenvalue weighted by atomic mass is 9.48. The van der Waals surface area contributed by atoms with E-state index in [0.717, 1.165) is 38.5 Å². The Kier molecular flexibility index (Phi) is 5.01. The predicted molar refractivity (Wildman–Crippen MR) is 124 cm³/mol. The van der Waals surface area contributed by atoms with Crippen molar-refractivity contribution >= 4 is 16.8 Å². The Hall–Kier alpha value is -1.89. The molecule has 0 bridgehead atoms. The third-order valence-electron chi connectivity index (χ3n) is 10.4. The molecule has 5 nitrogen and oxygen atoms in total. The number of halogens is 2. The number of aliphatic hydroxyl groups is 1. The molecule has 4 fully saturated rings. The van der Waals surface area contributed by atoms with Crippen LogP contribution in [0.3, 0.4) is 0 Å². The van der Waals surface area contributed by atoms with Gasteiger partial charge in [-0.25, -0.2) is 8.78 Å². The van der Waals surface area contributed by atoms with Crippen molar-refractivity contribution in [3.05, 3.63) is 24.0 Å². The van der Waals surface area contributed by atoms with Gasteiger partial charge in [-0.3, -0.25) is 4.79 Å². The Balaban J connectivity index is 1.20. The maximum absolute atomic E-state index is 16.5. The van der Waals surface area contributed by atoms with E-state index in [2.05, 4.69) is 17.1 Å². The number of benzene rings is 1. The summed E-state index contributed by atoms with van der Waals surface area (Å²) in [6.07, 6.45) is 6.98. The topological polar surface area (TPSA) is 68.0 Å². The highest BCUT2D eigenvalue weighted by Gasteiger charge is 2.63. The molecule has 1 N–H and O–H groups in total. The Morgan fingerprint density at radius 2 is 1.85 bits per heavy atom. The zero-order chi connectivity index (χ0) is 23.9. The summed E-state index contributed by atoms with van der Waals surface area (Å²) in [4.78, 5) is 14.9. The fourth-order valence-electron chi connectivity index (χ4n) is 8.76. The second kappa shape index (κ2) is 7.55. The lowest BCUT2D eigenvalue weighted by Crippen LogP contribution is -2.58. The minimum absolute atomic E-state index is 0.0365. The molecule has 0 spiro atoms. The SMILES string of the molecule is C[C@@]1(O)CC[C@@]2(F)[C@H](CC[C@H]3[C@@H]4CC[C@H](C(=O)Cn5nc6ccc(F)cc6n5)[C@@]4(C)CC[C@@H]32)C1. The highest BCUT2D eigenvalue weighted by molar-refractivity contribution is 5.82. The van der Waals surface area contributed by atoms with Crippen LogP contribution in [0.25, 0.3) is 11.0 Å². The molecule has 2 aromatic rings.